The lowest BCUT2D eigenvalue weighted by atomic mass is 10.1. The molecule has 10 heteroatoms. The molecule has 0 unspecified atom stereocenters. The van der Waals surface area contributed by atoms with Gasteiger partial charge in [0.15, 0.2) is 0 Å². The fourth-order valence-corrected chi connectivity index (χ4v) is 3.57. The molecule has 1 heterocycles. The van der Waals surface area contributed by atoms with E-state index in [0.717, 1.165) is 6.07 Å². The van der Waals surface area contributed by atoms with E-state index in [2.05, 4.69) is 5.32 Å². The average molecular weight is 460 g/mol. The van der Waals surface area contributed by atoms with Crippen LogP contribution in [0.3, 0.4) is 0 Å². The van der Waals surface area contributed by atoms with E-state index >= 15 is 0 Å². The SMILES string of the molecule is CC(C)n1cc(C(=O)O)c(=O)c2cc(F)c(NC(=O)CCN(CCCl)CCCl)cc21. The number of benzene rings is 1. The number of hydrogen-bond acceptors (Lipinski definition) is 4. The zero-order chi connectivity index (χ0) is 22.4. The lowest BCUT2D eigenvalue weighted by Crippen LogP contribution is -2.31. The van der Waals surface area contributed by atoms with Crippen molar-refractivity contribution in [1.82, 2.24) is 9.47 Å². The van der Waals surface area contributed by atoms with E-state index in [0.29, 0.717) is 36.9 Å². The number of hydrogen-bond donors (Lipinski definition) is 2. The summed E-state index contributed by atoms with van der Waals surface area (Å²) in [5, 5.41) is 11.7. The molecule has 0 aliphatic rings. The highest BCUT2D eigenvalue weighted by Gasteiger charge is 2.19. The van der Waals surface area contributed by atoms with E-state index < -0.39 is 28.7 Å². The van der Waals surface area contributed by atoms with Crippen molar-refractivity contribution in [3.8, 4) is 0 Å². The number of aromatic carboxylic acids is 1. The van der Waals surface area contributed by atoms with E-state index in [4.69, 9.17) is 23.2 Å². The number of pyridine rings is 1. The zero-order valence-corrected chi connectivity index (χ0v) is 18.3. The highest BCUT2D eigenvalue weighted by molar-refractivity contribution is 6.18. The number of anilines is 1. The van der Waals surface area contributed by atoms with Crippen molar-refractivity contribution in [3.05, 3.63) is 39.9 Å². The minimum Gasteiger partial charge on any atom is -0.477 e. The molecule has 0 aliphatic heterocycles. The first-order valence-corrected chi connectivity index (χ1v) is 10.5. The van der Waals surface area contributed by atoms with E-state index in [9.17, 15) is 23.9 Å². The number of nitrogens with one attached hydrogen (secondary N) is 1. The van der Waals surface area contributed by atoms with Crippen LogP contribution in [0.15, 0.2) is 23.1 Å². The minimum atomic E-state index is -1.38. The molecule has 0 bridgehead atoms. The first-order valence-electron chi connectivity index (χ1n) is 9.45. The van der Waals surface area contributed by atoms with Gasteiger partial charge < -0.3 is 19.9 Å². The lowest BCUT2D eigenvalue weighted by molar-refractivity contribution is -0.116. The molecule has 0 atom stereocenters. The Labute approximate surface area is 183 Å². The number of nitrogens with zero attached hydrogens (tertiary/aromatic N) is 2. The molecule has 30 heavy (non-hydrogen) atoms. The Morgan fingerprint density at radius 3 is 2.37 bits per heavy atom. The molecule has 2 N–H and O–H groups in total. The van der Waals surface area contributed by atoms with Gasteiger partial charge in [0, 0.05) is 55.4 Å². The number of halogens is 3. The normalized spacial score (nSPS) is 11.4. The molecule has 0 aliphatic carbocycles. The number of carbonyl (C=O) groups excluding carboxylic acids is 1. The van der Waals surface area contributed by atoms with Crippen molar-refractivity contribution in [2.75, 3.05) is 36.7 Å². The Bertz CT molecular complexity index is 988. The van der Waals surface area contributed by atoms with Gasteiger partial charge in [-0.3, -0.25) is 9.59 Å². The Morgan fingerprint density at radius 2 is 1.83 bits per heavy atom. The number of carboxylic acid groups (broad SMARTS) is 1. The number of carboxylic acids is 1. The van der Waals surface area contributed by atoms with Gasteiger partial charge >= 0.3 is 5.97 Å². The summed E-state index contributed by atoms with van der Waals surface area (Å²) in [5.74, 6) is -1.79. The molecule has 0 fully saturated rings. The van der Waals surface area contributed by atoms with Crippen LogP contribution in [0.4, 0.5) is 10.1 Å². The van der Waals surface area contributed by atoms with Gasteiger partial charge in [-0.25, -0.2) is 9.18 Å². The smallest absolute Gasteiger partial charge is 0.341 e. The van der Waals surface area contributed by atoms with Crippen molar-refractivity contribution in [1.29, 1.82) is 0 Å². The van der Waals surface area contributed by atoms with Gasteiger partial charge in [0.1, 0.15) is 11.4 Å². The van der Waals surface area contributed by atoms with Crippen LogP contribution in [0.5, 0.6) is 0 Å². The van der Waals surface area contributed by atoms with Crippen LogP contribution in [0.25, 0.3) is 10.9 Å². The molecule has 1 aromatic heterocycles. The maximum absolute atomic E-state index is 14.6. The second-order valence-electron chi connectivity index (χ2n) is 7.05. The van der Waals surface area contributed by atoms with Gasteiger partial charge in [-0.1, -0.05) is 0 Å². The van der Waals surface area contributed by atoms with Crippen LogP contribution in [-0.2, 0) is 4.79 Å². The largest absolute Gasteiger partial charge is 0.477 e. The molecule has 2 aromatic rings. The van der Waals surface area contributed by atoms with Crippen LogP contribution in [-0.4, -0.2) is 57.8 Å². The van der Waals surface area contributed by atoms with E-state index in [1.54, 1.807) is 18.4 Å². The van der Waals surface area contributed by atoms with Crippen molar-refractivity contribution >= 4 is 51.7 Å². The van der Waals surface area contributed by atoms with Crippen molar-refractivity contribution in [2.45, 2.75) is 26.3 Å². The summed E-state index contributed by atoms with van der Waals surface area (Å²) in [4.78, 5) is 38.1. The molecule has 0 spiro atoms. The Kier molecular flexibility index (Phi) is 8.64. The second-order valence-corrected chi connectivity index (χ2v) is 7.80. The van der Waals surface area contributed by atoms with Crippen molar-refractivity contribution in [3.63, 3.8) is 0 Å². The third kappa shape index (κ3) is 5.71. The third-order valence-electron chi connectivity index (χ3n) is 4.64. The summed E-state index contributed by atoms with van der Waals surface area (Å²) < 4.78 is 16.2. The number of alkyl halides is 2. The van der Waals surface area contributed by atoms with E-state index in [1.165, 1.54) is 12.3 Å². The number of fused-ring (bicyclic) bond motifs is 1. The van der Waals surface area contributed by atoms with E-state index in [1.807, 2.05) is 4.90 Å². The number of rotatable bonds is 10. The van der Waals surface area contributed by atoms with Crippen molar-refractivity contribution in [2.24, 2.45) is 0 Å². The molecular weight excluding hydrogens is 436 g/mol. The molecule has 0 saturated heterocycles. The quantitative estimate of drug-likeness (QED) is 0.530. The summed E-state index contributed by atoms with van der Waals surface area (Å²) in [6.45, 7) is 5.19. The van der Waals surface area contributed by atoms with Crippen LogP contribution in [0, 0.1) is 5.82 Å². The topological polar surface area (TPSA) is 91.6 Å². The molecule has 0 radical (unpaired) electrons. The number of aromatic nitrogens is 1. The summed E-state index contributed by atoms with van der Waals surface area (Å²) in [5.41, 5.74) is -0.955. The Hall–Kier alpha value is -2.16. The van der Waals surface area contributed by atoms with Gasteiger partial charge in [-0.05, 0) is 26.0 Å². The summed E-state index contributed by atoms with van der Waals surface area (Å²) in [7, 11) is 0. The second kappa shape index (κ2) is 10.7. The molecule has 2 rings (SSSR count). The highest BCUT2D eigenvalue weighted by atomic mass is 35.5. The van der Waals surface area contributed by atoms with Crippen LogP contribution in [0.2, 0.25) is 0 Å². The van der Waals surface area contributed by atoms with Crippen LogP contribution in [0.1, 0.15) is 36.7 Å². The average Bonchev–Trinajstić information content (AvgIpc) is 2.67. The molecule has 1 amide bonds. The predicted octanol–water partition coefficient (Wildman–Crippen LogP) is 3.53. The van der Waals surface area contributed by atoms with Crippen molar-refractivity contribution < 1.29 is 19.1 Å². The Balaban J connectivity index is 2.35. The first-order chi connectivity index (χ1) is 14.2. The number of carbonyl (C=O) groups is 2. The molecule has 164 valence electrons. The standard InChI is InChI=1S/C20H24Cl2FN3O4/c1-12(2)26-11-14(20(29)30)19(28)13-9-15(23)16(10-17(13)26)24-18(27)3-6-25(7-4-21)8-5-22/h9-12H,3-8H2,1-2H3,(H,24,27)(H,29,30). The molecule has 0 saturated carbocycles. The highest BCUT2D eigenvalue weighted by Crippen LogP contribution is 2.24. The van der Waals surface area contributed by atoms with Gasteiger partial charge in [0.25, 0.3) is 0 Å². The molecular formula is C20H24Cl2FN3O4. The van der Waals surface area contributed by atoms with Gasteiger partial charge in [-0.15, -0.1) is 23.2 Å². The molecule has 1 aromatic carbocycles. The third-order valence-corrected chi connectivity index (χ3v) is 4.98. The number of amides is 1. The van der Waals surface area contributed by atoms with Gasteiger partial charge in [-0.2, -0.15) is 0 Å². The summed E-state index contributed by atoms with van der Waals surface area (Å²) in [6, 6.07) is 2.12. The predicted molar refractivity (Wildman–Crippen MR) is 117 cm³/mol. The van der Waals surface area contributed by atoms with Gasteiger partial charge in [0.05, 0.1) is 11.2 Å². The lowest BCUT2D eigenvalue weighted by Gasteiger charge is -2.20. The van der Waals surface area contributed by atoms with E-state index in [-0.39, 0.29) is 23.5 Å². The Morgan fingerprint density at radius 1 is 1.20 bits per heavy atom. The van der Waals surface area contributed by atoms with Gasteiger partial charge in [0.2, 0.25) is 11.3 Å². The fourth-order valence-electron chi connectivity index (χ4n) is 3.09. The molecule has 7 nitrogen and oxygen atoms in total. The minimum absolute atomic E-state index is 0.0606. The maximum Gasteiger partial charge on any atom is 0.341 e. The monoisotopic (exact) mass is 459 g/mol. The fraction of sp³-hybridized carbons (Fsp3) is 0.450. The first kappa shape index (κ1) is 24.1. The summed E-state index contributed by atoms with van der Waals surface area (Å²) in [6.07, 6.45) is 1.34. The summed E-state index contributed by atoms with van der Waals surface area (Å²) >= 11 is 11.5. The maximum atomic E-state index is 14.6. The van der Waals surface area contributed by atoms with Crippen LogP contribution >= 0.6 is 23.2 Å². The zero-order valence-electron chi connectivity index (χ0n) is 16.8. The van der Waals surface area contributed by atoms with Crippen LogP contribution < -0.4 is 10.7 Å².